The third kappa shape index (κ3) is 2.25. The van der Waals surface area contributed by atoms with Crippen LogP contribution in [-0.4, -0.2) is 16.5 Å². The summed E-state index contributed by atoms with van der Waals surface area (Å²) in [6.45, 7) is 1.56. The average molecular weight is 271 g/mol. The minimum Gasteiger partial charge on any atom is -0.350 e. The molecule has 0 saturated heterocycles. The summed E-state index contributed by atoms with van der Waals surface area (Å²) in [6, 6.07) is 8.03. The van der Waals surface area contributed by atoms with Crippen molar-refractivity contribution in [3.63, 3.8) is 0 Å². The van der Waals surface area contributed by atoms with Gasteiger partial charge in [-0.25, -0.2) is 9.97 Å². The third-order valence-corrected chi connectivity index (χ3v) is 3.50. The largest absolute Gasteiger partial charge is 0.350 e. The maximum absolute atomic E-state index is 9.08. The molecular weight excluding hydrogens is 260 g/mol. The molecule has 0 amide bonds. The van der Waals surface area contributed by atoms with Crippen LogP contribution in [0.2, 0.25) is 5.02 Å². The van der Waals surface area contributed by atoms with E-state index < -0.39 is 0 Å². The molecule has 0 radical (unpaired) electrons. The van der Waals surface area contributed by atoms with E-state index in [1.165, 1.54) is 11.1 Å². The molecule has 1 aliphatic heterocycles. The zero-order valence-corrected chi connectivity index (χ0v) is 10.9. The fourth-order valence-corrected chi connectivity index (χ4v) is 2.54. The Bertz CT molecular complexity index is 663. The van der Waals surface area contributed by atoms with Crippen molar-refractivity contribution in [3.05, 3.63) is 52.4 Å². The molecule has 0 spiro atoms. The monoisotopic (exact) mass is 270 g/mol. The first kappa shape index (κ1) is 11.9. The first-order valence-electron chi connectivity index (χ1n) is 6.01. The van der Waals surface area contributed by atoms with Crippen molar-refractivity contribution < 1.29 is 0 Å². The number of halogens is 1. The van der Waals surface area contributed by atoms with Gasteiger partial charge in [-0.3, -0.25) is 0 Å². The molecule has 0 aliphatic carbocycles. The van der Waals surface area contributed by atoms with Crippen LogP contribution in [0.1, 0.15) is 16.8 Å². The Balaban J connectivity index is 1.94. The van der Waals surface area contributed by atoms with Crippen molar-refractivity contribution in [3.8, 4) is 6.07 Å². The summed E-state index contributed by atoms with van der Waals surface area (Å²) in [6.07, 6.45) is 4.06. The number of benzene rings is 1. The van der Waals surface area contributed by atoms with Gasteiger partial charge in [-0.2, -0.15) is 5.26 Å². The van der Waals surface area contributed by atoms with E-state index in [0.717, 1.165) is 24.5 Å². The molecule has 3 rings (SSSR count). The number of rotatable bonds is 1. The predicted octanol–water partition coefficient (Wildman–Crippen LogP) is 2.56. The second kappa shape index (κ2) is 4.87. The second-order valence-electron chi connectivity index (χ2n) is 4.42. The Morgan fingerprint density at radius 2 is 2.05 bits per heavy atom. The molecule has 0 bridgehead atoms. The molecule has 0 atom stereocenters. The van der Waals surface area contributed by atoms with Gasteiger partial charge in [0.1, 0.15) is 6.07 Å². The van der Waals surface area contributed by atoms with Gasteiger partial charge in [-0.1, -0.05) is 17.7 Å². The topological polar surface area (TPSA) is 52.8 Å². The molecule has 0 fully saturated rings. The maximum Gasteiger partial charge on any atom is 0.183 e. The Hall–Kier alpha value is -2.12. The fourth-order valence-electron chi connectivity index (χ4n) is 2.34. The van der Waals surface area contributed by atoms with Crippen LogP contribution in [-0.2, 0) is 13.0 Å². The Morgan fingerprint density at radius 1 is 1.21 bits per heavy atom. The second-order valence-corrected chi connectivity index (χ2v) is 4.86. The minimum atomic E-state index is 0.375. The lowest BCUT2D eigenvalue weighted by Gasteiger charge is -2.29. The van der Waals surface area contributed by atoms with Crippen LogP contribution in [0.4, 0.5) is 5.82 Å². The number of nitrogens with zero attached hydrogens (tertiary/aromatic N) is 4. The highest BCUT2D eigenvalue weighted by atomic mass is 35.5. The van der Waals surface area contributed by atoms with Crippen LogP contribution in [0.15, 0.2) is 30.6 Å². The lowest BCUT2D eigenvalue weighted by atomic mass is 10.00. The highest BCUT2D eigenvalue weighted by Gasteiger charge is 2.20. The van der Waals surface area contributed by atoms with E-state index >= 15 is 0 Å². The van der Waals surface area contributed by atoms with E-state index in [4.69, 9.17) is 16.9 Å². The van der Waals surface area contributed by atoms with Gasteiger partial charge < -0.3 is 4.90 Å². The van der Waals surface area contributed by atoms with Crippen molar-refractivity contribution in [2.45, 2.75) is 13.0 Å². The van der Waals surface area contributed by atoms with E-state index in [-0.39, 0.29) is 0 Å². The van der Waals surface area contributed by atoms with E-state index in [0.29, 0.717) is 11.5 Å². The molecule has 2 aromatic rings. The van der Waals surface area contributed by atoms with Crippen molar-refractivity contribution in [2.75, 3.05) is 11.4 Å². The van der Waals surface area contributed by atoms with Gasteiger partial charge in [-0.15, -0.1) is 0 Å². The number of fused-ring (bicyclic) bond motifs is 1. The van der Waals surface area contributed by atoms with Crippen LogP contribution >= 0.6 is 11.6 Å². The zero-order chi connectivity index (χ0) is 13.2. The molecule has 19 heavy (non-hydrogen) atoms. The molecule has 94 valence electrons. The van der Waals surface area contributed by atoms with Gasteiger partial charge in [-0.05, 0) is 29.7 Å². The fraction of sp³-hybridized carbons (Fsp3) is 0.214. The first-order valence-corrected chi connectivity index (χ1v) is 6.39. The van der Waals surface area contributed by atoms with Crippen LogP contribution in [0, 0.1) is 11.3 Å². The molecule has 5 heteroatoms. The van der Waals surface area contributed by atoms with Crippen LogP contribution in [0.3, 0.4) is 0 Å². The van der Waals surface area contributed by atoms with Gasteiger partial charge >= 0.3 is 0 Å². The van der Waals surface area contributed by atoms with Crippen molar-refractivity contribution in [1.29, 1.82) is 5.26 Å². The van der Waals surface area contributed by atoms with Gasteiger partial charge in [0, 0.05) is 30.5 Å². The van der Waals surface area contributed by atoms with Gasteiger partial charge in [0.15, 0.2) is 11.5 Å². The Morgan fingerprint density at radius 3 is 2.89 bits per heavy atom. The molecule has 0 N–H and O–H groups in total. The summed E-state index contributed by atoms with van der Waals surface area (Å²) in [4.78, 5) is 10.4. The third-order valence-electron chi connectivity index (χ3n) is 3.26. The molecule has 0 saturated carbocycles. The highest BCUT2D eigenvalue weighted by Crippen LogP contribution is 2.26. The van der Waals surface area contributed by atoms with Crippen molar-refractivity contribution in [1.82, 2.24) is 9.97 Å². The summed E-state index contributed by atoms with van der Waals surface area (Å²) in [5, 5.41) is 9.85. The normalized spacial score (nSPS) is 13.8. The molecule has 1 aromatic carbocycles. The molecule has 0 unspecified atom stereocenters. The number of anilines is 1. The first-order chi connectivity index (χ1) is 9.28. The quantitative estimate of drug-likeness (QED) is 0.799. The smallest absolute Gasteiger partial charge is 0.183 e. The number of nitriles is 1. The standard InChI is InChI=1S/C14H11ClN4/c15-12-2-1-11-9-19(6-3-10(11)7-12)14-13(8-16)17-4-5-18-14/h1-2,4-5,7H,3,6,9H2. The summed E-state index contributed by atoms with van der Waals surface area (Å²) in [5.41, 5.74) is 2.87. The molecular formula is C14H11ClN4. The minimum absolute atomic E-state index is 0.375. The molecule has 2 heterocycles. The number of hydrogen-bond donors (Lipinski definition) is 0. The summed E-state index contributed by atoms with van der Waals surface area (Å²) < 4.78 is 0. The van der Waals surface area contributed by atoms with Crippen molar-refractivity contribution >= 4 is 17.4 Å². The van der Waals surface area contributed by atoms with Crippen LogP contribution in [0.5, 0.6) is 0 Å². The van der Waals surface area contributed by atoms with Crippen LogP contribution < -0.4 is 4.90 Å². The van der Waals surface area contributed by atoms with E-state index in [9.17, 15) is 0 Å². The van der Waals surface area contributed by atoms with Gasteiger partial charge in [0.25, 0.3) is 0 Å². The van der Waals surface area contributed by atoms with Crippen LogP contribution in [0.25, 0.3) is 0 Å². The number of aromatic nitrogens is 2. The maximum atomic E-state index is 9.08. The van der Waals surface area contributed by atoms with Gasteiger partial charge in [0.2, 0.25) is 0 Å². The number of hydrogen-bond acceptors (Lipinski definition) is 4. The summed E-state index contributed by atoms with van der Waals surface area (Å²) in [7, 11) is 0. The summed E-state index contributed by atoms with van der Waals surface area (Å²) >= 11 is 6.00. The average Bonchev–Trinajstić information content (AvgIpc) is 2.46. The Kier molecular flexibility index (Phi) is 3.06. The van der Waals surface area contributed by atoms with E-state index in [1.807, 2.05) is 18.2 Å². The van der Waals surface area contributed by atoms with Crippen molar-refractivity contribution in [2.24, 2.45) is 0 Å². The van der Waals surface area contributed by atoms with E-state index in [2.05, 4.69) is 20.9 Å². The zero-order valence-electron chi connectivity index (χ0n) is 10.2. The predicted molar refractivity (Wildman–Crippen MR) is 73.0 cm³/mol. The Labute approximate surface area is 116 Å². The SMILES string of the molecule is N#Cc1nccnc1N1CCc2cc(Cl)ccc2C1. The van der Waals surface area contributed by atoms with E-state index in [1.54, 1.807) is 12.4 Å². The summed E-state index contributed by atoms with van der Waals surface area (Å²) in [5.74, 6) is 0.658. The molecule has 4 nitrogen and oxygen atoms in total. The molecule has 1 aliphatic rings. The highest BCUT2D eigenvalue weighted by molar-refractivity contribution is 6.30. The van der Waals surface area contributed by atoms with Gasteiger partial charge in [0.05, 0.1) is 0 Å². The molecule has 1 aromatic heterocycles. The lowest BCUT2D eigenvalue weighted by Crippen LogP contribution is -2.31. The lowest BCUT2D eigenvalue weighted by molar-refractivity contribution is 0.717.